The highest BCUT2D eigenvalue weighted by Crippen LogP contribution is 2.32. The molecule has 0 fully saturated rings. The van der Waals surface area contributed by atoms with Gasteiger partial charge in [0.1, 0.15) is 0 Å². The van der Waals surface area contributed by atoms with Gasteiger partial charge in [0.05, 0.1) is 11.1 Å². The van der Waals surface area contributed by atoms with Gasteiger partial charge in [-0.2, -0.15) is 13.2 Å². The minimum atomic E-state index is -4.54. The zero-order chi connectivity index (χ0) is 19.4. The Balaban J connectivity index is 0.000000251. The molecule has 0 aliphatic rings. The zero-order valence-electron chi connectivity index (χ0n) is 11.8. The summed E-state index contributed by atoms with van der Waals surface area (Å²) in [5.74, 6) is -4.61. The van der Waals surface area contributed by atoms with E-state index < -0.39 is 50.8 Å². The van der Waals surface area contributed by atoms with Crippen molar-refractivity contribution >= 4 is 33.7 Å². The molecule has 0 atom stereocenters. The summed E-state index contributed by atoms with van der Waals surface area (Å²) in [6.45, 7) is 0. The van der Waals surface area contributed by atoms with Crippen LogP contribution in [0, 0.1) is 17.5 Å². The predicted molar refractivity (Wildman–Crippen MR) is 78.1 cm³/mol. The average Bonchev–Trinajstić information content (AvgIpc) is 2.52. The minimum absolute atomic E-state index is 0.517. The van der Waals surface area contributed by atoms with Crippen LogP contribution in [0.25, 0.3) is 0 Å². The molecule has 0 N–H and O–H groups in total. The van der Waals surface area contributed by atoms with E-state index in [9.17, 15) is 35.9 Å². The molecule has 2 nitrogen and oxygen atoms in total. The van der Waals surface area contributed by atoms with E-state index >= 15 is 0 Å². The van der Waals surface area contributed by atoms with Crippen molar-refractivity contribution in [1.29, 1.82) is 0 Å². The fourth-order valence-corrected chi connectivity index (χ4v) is 1.89. The van der Waals surface area contributed by atoms with Crippen molar-refractivity contribution in [3.63, 3.8) is 0 Å². The fraction of sp³-hybridized carbons (Fsp3) is 0.0667. The lowest BCUT2D eigenvalue weighted by Crippen LogP contribution is -2.10. The Hall–Kier alpha value is -2.06. The number of benzene rings is 2. The number of hydrogen-bond donors (Lipinski definition) is 0. The molecule has 0 aliphatic heterocycles. The Morgan fingerprint density at radius 1 is 0.760 bits per heavy atom. The second-order valence-electron chi connectivity index (χ2n) is 4.31. The first kappa shape index (κ1) is 21.0. The number of carbonyl (C=O) groups excluding carboxylic acids is 2. The van der Waals surface area contributed by atoms with Gasteiger partial charge in [-0.25, -0.2) is 13.2 Å². The maximum absolute atomic E-state index is 12.6. The Morgan fingerprint density at radius 3 is 1.72 bits per heavy atom. The highest BCUT2D eigenvalue weighted by atomic mass is 35.5. The largest absolute Gasteiger partial charge is 0.417 e. The molecule has 0 heterocycles. The number of rotatable bonds is 2. The molecule has 0 aromatic heterocycles. The monoisotopic (exact) mass is 402 g/mol. The summed E-state index contributed by atoms with van der Waals surface area (Å²) in [7, 11) is 0. The molecule has 0 aliphatic carbocycles. The molecule has 10 heteroatoms. The van der Waals surface area contributed by atoms with Crippen molar-refractivity contribution in [3.8, 4) is 0 Å². The number of hydrogen-bond acceptors (Lipinski definition) is 2. The molecule has 0 spiro atoms. The number of alkyl halides is 3. The molecule has 0 saturated carbocycles. The molecule has 2 aromatic rings. The van der Waals surface area contributed by atoms with Crippen molar-refractivity contribution in [3.05, 3.63) is 70.5 Å². The molecule has 0 amide bonds. The van der Waals surface area contributed by atoms with Crippen LogP contribution in [0.2, 0.25) is 0 Å². The number of carbonyl (C=O) groups is 2. The summed E-state index contributed by atoms with van der Waals surface area (Å²) in [6, 6.07) is 5.79. The van der Waals surface area contributed by atoms with Crippen molar-refractivity contribution in [1.82, 2.24) is 0 Å². The first-order valence-electron chi connectivity index (χ1n) is 6.16. The maximum Gasteiger partial charge on any atom is 0.417 e. The third kappa shape index (κ3) is 5.47. The summed E-state index contributed by atoms with van der Waals surface area (Å²) < 4.78 is 73.8. The summed E-state index contributed by atoms with van der Waals surface area (Å²) >= 11 is 9.84. The Morgan fingerprint density at radius 2 is 1.28 bits per heavy atom. The third-order valence-corrected chi connectivity index (χ3v) is 3.10. The second kappa shape index (κ2) is 8.35. The van der Waals surface area contributed by atoms with E-state index in [-0.39, 0.29) is 0 Å². The lowest BCUT2D eigenvalue weighted by molar-refractivity contribution is -0.137. The van der Waals surface area contributed by atoms with E-state index in [1.165, 1.54) is 12.1 Å². The summed E-state index contributed by atoms with van der Waals surface area (Å²) in [6.07, 6.45) is -4.54. The minimum Gasteiger partial charge on any atom is -0.276 e. The molecule has 0 bridgehead atoms. The van der Waals surface area contributed by atoms with Crippen molar-refractivity contribution in [2.45, 2.75) is 6.18 Å². The predicted octanol–water partition coefficient (Wildman–Crippen LogP) is 5.57. The van der Waals surface area contributed by atoms with Gasteiger partial charge in [0.25, 0.3) is 10.5 Å². The van der Waals surface area contributed by atoms with Crippen LogP contribution >= 0.6 is 23.2 Å². The van der Waals surface area contributed by atoms with Gasteiger partial charge in [0.2, 0.25) is 0 Å². The van der Waals surface area contributed by atoms with Crippen LogP contribution in [0.5, 0.6) is 0 Å². The quantitative estimate of drug-likeness (QED) is 0.374. The molecule has 134 valence electrons. The first-order chi connectivity index (χ1) is 11.5. The highest BCUT2D eigenvalue weighted by Gasteiger charge is 2.34. The Labute approximate surface area is 147 Å². The summed E-state index contributed by atoms with van der Waals surface area (Å²) in [4.78, 5) is 20.9. The lowest BCUT2D eigenvalue weighted by Gasteiger charge is -2.08. The van der Waals surface area contributed by atoms with Crippen molar-refractivity contribution in [2.75, 3.05) is 0 Å². The molecule has 2 rings (SSSR count). The van der Waals surface area contributed by atoms with E-state index in [4.69, 9.17) is 23.2 Å². The first-order valence-corrected chi connectivity index (χ1v) is 6.91. The molecule has 25 heavy (non-hydrogen) atoms. The van der Waals surface area contributed by atoms with E-state index in [1.807, 2.05) is 0 Å². The van der Waals surface area contributed by atoms with Crippen LogP contribution in [-0.4, -0.2) is 10.5 Å². The molecular weight excluding hydrogens is 397 g/mol. The average molecular weight is 403 g/mol. The molecule has 0 radical (unpaired) electrons. The normalized spacial score (nSPS) is 10.7. The van der Waals surface area contributed by atoms with Gasteiger partial charge in [0.15, 0.2) is 17.5 Å². The summed E-state index contributed by atoms with van der Waals surface area (Å²) in [5, 5.41) is -2.26. The van der Waals surface area contributed by atoms with Gasteiger partial charge < -0.3 is 0 Å². The van der Waals surface area contributed by atoms with E-state index in [2.05, 4.69) is 0 Å². The Kier molecular flexibility index (Phi) is 7.01. The van der Waals surface area contributed by atoms with Crippen molar-refractivity contribution < 1.29 is 35.9 Å². The van der Waals surface area contributed by atoms with Gasteiger partial charge in [-0.1, -0.05) is 12.1 Å². The van der Waals surface area contributed by atoms with Gasteiger partial charge in [-0.05, 0) is 47.5 Å². The molecule has 0 saturated heterocycles. The topological polar surface area (TPSA) is 34.1 Å². The molecular formula is C15H6Cl2F6O2. The van der Waals surface area contributed by atoms with Gasteiger partial charge in [-0.3, -0.25) is 9.59 Å². The highest BCUT2D eigenvalue weighted by molar-refractivity contribution is 6.68. The molecule has 0 unspecified atom stereocenters. The van der Waals surface area contributed by atoms with Gasteiger partial charge in [0, 0.05) is 5.56 Å². The van der Waals surface area contributed by atoms with Gasteiger partial charge >= 0.3 is 6.18 Å². The van der Waals surface area contributed by atoms with Crippen molar-refractivity contribution in [2.24, 2.45) is 0 Å². The van der Waals surface area contributed by atoms with E-state index in [0.29, 0.717) is 6.07 Å². The van der Waals surface area contributed by atoms with Crippen LogP contribution < -0.4 is 0 Å². The smallest absolute Gasteiger partial charge is 0.276 e. The van der Waals surface area contributed by atoms with E-state index in [1.54, 1.807) is 0 Å². The standard InChI is InChI=1S/C8H4ClF3O.C7H2ClF3O/c9-7(13)5-3-1-2-4-6(5)8(10,11)12;8-7(12)3-1-2-4(9)6(11)5(3)10/h1-4H;1-2H. The summed E-state index contributed by atoms with van der Waals surface area (Å²) in [5.41, 5.74) is -2.19. The Bertz CT molecular complexity index is 805. The van der Waals surface area contributed by atoms with Crippen LogP contribution in [0.15, 0.2) is 36.4 Å². The van der Waals surface area contributed by atoms with Crippen LogP contribution in [0.1, 0.15) is 26.3 Å². The van der Waals surface area contributed by atoms with Crippen LogP contribution in [-0.2, 0) is 6.18 Å². The zero-order valence-corrected chi connectivity index (χ0v) is 13.3. The number of halogens is 8. The van der Waals surface area contributed by atoms with Gasteiger partial charge in [-0.15, -0.1) is 0 Å². The van der Waals surface area contributed by atoms with Crippen LogP contribution in [0.4, 0.5) is 26.3 Å². The second-order valence-corrected chi connectivity index (χ2v) is 5.00. The van der Waals surface area contributed by atoms with E-state index in [0.717, 1.165) is 18.2 Å². The third-order valence-electron chi connectivity index (χ3n) is 2.69. The lowest BCUT2D eigenvalue weighted by atomic mass is 10.1. The fourth-order valence-electron chi connectivity index (χ4n) is 1.58. The maximum atomic E-state index is 12.6. The molecule has 2 aromatic carbocycles. The SMILES string of the molecule is O=C(Cl)c1ccc(F)c(F)c1F.O=C(Cl)c1ccccc1C(F)(F)F. The van der Waals surface area contributed by atoms with Crippen LogP contribution in [0.3, 0.4) is 0 Å².